The van der Waals surface area contributed by atoms with Gasteiger partial charge >= 0.3 is 0 Å². The zero-order valence-corrected chi connectivity index (χ0v) is 24.6. The molecule has 3 nitrogen and oxygen atoms in total. The van der Waals surface area contributed by atoms with Crippen LogP contribution in [0.3, 0.4) is 0 Å². The number of amidine groups is 1. The molecule has 4 heteroatoms. The van der Waals surface area contributed by atoms with E-state index in [1.807, 2.05) is 47.7 Å². The molecule has 208 valence electrons. The molecule has 0 saturated carbocycles. The normalized spacial score (nSPS) is 14.3. The molecule has 9 rings (SSSR count). The van der Waals surface area contributed by atoms with Gasteiger partial charge in [0.2, 0.25) is 0 Å². The second-order valence-electron chi connectivity index (χ2n) is 11.3. The van der Waals surface area contributed by atoms with Crippen LogP contribution in [0.5, 0.6) is 5.75 Å². The topological polar surface area (TPSA) is 34.0 Å². The van der Waals surface area contributed by atoms with Crippen molar-refractivity contribution in [3.05, 3.63) is 150 Å². The molecule has 1 aliphatic heterocycles. The van der Waals surface area contributed by atoms with Crippen LogP contribution in [0.2, 0.25) is 0 Å². The van der Waals surface area contributed by atoms with Crippen molar-refractivity contribution in [3.8, 4) is 16.9 Å². The van der Waals surface area contributed by atoms with Crippen LogP contribution in [0.25, 0.3) is 52.8 Å². The van der Waals surface area contributed by atoms with Gasteiger partial charge in [0, 0.05) is 31.3 Å². The van der Waals surface area contributed by atoms with Crippen LogP contribution >= 0.6 is 11.3 Å². The van der Waals surface area contributed by atoms with Crippen LogP contribution in [0.1, 0.15) is 16.7 Å². The molecular weight excluding hydrogens is 557 g/mol. The molecule has 0 atom stereocenters. The van der Waals surface area contributed by atoms with Crippen LogP contribution in [0.15, 0.2) is 143 Å². The SMILES string of the molecule is c1ccc(CN=C(N=C2COc3ccccc32)c2cccc(-c3ccc4c(c3)c3cccc5sc6cccc4c6c53)c2)cc1. The lowest BCUT2D eigenvalue weighted by Gasteiger charge is -2.12. The first-order chi connectivity index (χ1) is 21.8. The summed E-state index contributed by atoms with van der Waals surface area (Å²) >= 11 is 1.88. The minimum atomic E-state index is 0.442. The average molecular weight is 583 g/mol. The summed E-state index contributed by atoms with van der Waals surface area (Å²) in [6.45, 7) is 0.994. The fourth-order valence-electron chi connectivity index (χ4n) is 6.55. The predicted octanol–water partition coefficient (Wildman–Crippen LogP) is 10.3. The second kappa shape index (κ2) is 10.1. The van der Waals surface area contributed by atoms with E-state index in [1.54, 1.807) is 0 Å². The molecular formula is C40H26N2OS. The first kappa shape index (κ1) is 25.2. The molecule has 0 saturated heterocycles. The molecule has 7 aromatic carbocycles. The van der Waals surface area contributed by atoms with E-state index in [1.165, 1.54) is 47.3 Å². The number of hydrogen-bond donors (Lipinski definition) is 0. The number of fused-ring (bicyclic) bond motifs is 4. The monoisotopic (exact) mass is 582 g/mol. The Bertz CT molecular complexity index is 2420. The number of para-hydroxylation sites is 1. The zero-order valence-electron chi connectivity index (χ0n) is 23.8. The third-order valence-electron chi connectivity index (χ3n) is 8.63. The number of rotatable bonds is 4. The number of nitrogens with zero attached hydrogens (tertiary/aromatic N) is 2. The third-order valence-corrected chi connectivity index (χ3v) is 9.75. The summed E-state index contributed by atoms with van der Waals surface area (Å²) in [5.74, 6) is 1.58. The van der Waals surface area contributed by atoms with Crippen LogP contribution in [-0.4, -0.2) is 18.2 Å². The first-order valence-electron chi connectivity index (χ1n) is 14.9. The summed E-state index contributed by atoms with van der Waals surface area (Å²) in [6, 6.07) is 47.4. The second-order valence-corrected chi connectivity index (χ2v) is 12.4. The molecule has 0 fully saturated rings. The quantitative estimate of drug-likeness (QED) is 0.115. The van der Waals surface area contributed by atoms with Gasteiger partial charge in [-0.15, -0.1) is 11.3 Å². The molecule has 0 bridgehead atoms. The maximum atomic E-state index is 5.94. The fraction of sp³-hybridized carbons (Fsp3) is 0.0500. The molecule has 2 heterocycles. The molecule has 0 amide bonds. The van der Waals surface area contributed by atoms with E-state index in [0.717, 1.165) is 33.7 Å². The highest BCUT2D eigenvalue weighted by atomic mass is 32.1. The first-order valence-corrected chi connectivity index (χ1v) is 15.7. The fourth-order valence-corrected chi connectivity index (χ4v) is 7.71. The van der Waals surface area contributed by atoms with Crippen molar-refractivity contribution in [1.29, 1.82) is 0 Å². The van der Waals surface area contributed by atoms with Crippen molar-refractivity contribution in [2.24, 2.45) is 9.98 Å². The van der Waals surface area contributed by atoms with Gasteiger partial charge in [-0.05, 0) is 74.6 Å². The number of aliphatic imine (C=N–C) groups is 2. The van der Waals surface area contributed by atoms with Gasteiger partial charge in [-0.3, -0.25) is 4.99 Å². The largest absolute Gasteiger partial charge is 0.487 e. The lowest BCUT2D eigenvalue weighted by molar-refractivity contribution is 0.393. The summed E-state index contributed by atoms with van der Waals surface area (Å²) in [5.41, 5.74) is 6.39. The van der Waals surface area contributed by atoms with Crippen LogP contribution in [0.4, 0.5) is 0 Å². The molecule has 0 N–H and O–H groups in total. The Labute approximate surface area is 258 Å². The number of ether oxygens (including phenoxy) is 1. The van der Waals surface area contributed by atoms with Crippen molar-refractivity contribution in [1.82, 2.24) is 0 Å². The maximum Gasteiger partial charge on any atom is 0.155 e. The number of benzene rings is 7. The van der Waals surface area contributed by atoms with Gasteiger partial charge in [0.1, 0.15) is 12.4 Å². The van der Waals surface area contributed by atoms with Crippen molar-refractivity contribution in [2.75, 3.05) is 6.61 Å². The minimum absolute atomic E-state index is 0.442. The molecule has 0 spiro atoms. The van der Waals surface area contributed by atoms with Gasteiger partial charge in [-0.25, -0.2) is 4.99 Å². The van der Waals surface area contributed by atoms with E-state index < -0.39 is 0 Å². The lowest BCUT2D eigenvalue weighted by atomic mass is 9.92. The lowest BCUT2D eigenvalue weighted by Crippen LogP contribution is -2.08. The molecule has 0 unspecified atom stereocenters. The Morgan fingerprint density at radius 1 is 0.614 bits per heavy atom. The van der Waals surface area contributed by atoms with Gasteiger partial charge in [0.15, 0.2) is 5.84 Å². The Kier molecular flexibility index (Phi) is 5.81. The van der Waals surface area contributed by atoms with E-state index in [0.29, 0.717) is 19.0 Å². The van der Waals surface area contributed by atoms with Crippen molar-refractivity contribution in [2.45, 2.75) is 6.54 Å². The molecule has 44 heavy (non-hydrogen) atoms. The van der Waals surface area contributed by atoms with E-state index in [2.05, 4.69) is 97.1 Å². The number of hydrogen-bond acceptors (Lipinski definition) is 3. The van der Waals surface area contributed by atoms with Crippen molar-refractivity contribution >= 4 is 64.6 Å². The standard InChI is InChI=1S/C40H26N2OS/c1-2-9-25(10-3-1)23-41-40(42-34-24-43-35-16-5-4-13-32(34)35)28-12-6-11-26(21-28)27-19-20-29-30-14-7-17-36-38(30)39-31(33(29)22-27)15-8-18-37(39)44-36/h1-22H,23-24H2. The van der Waals surface area contributed by atoms with E-state index in [-0.39, 0.29) is 0 Å². The summed E-state index contributed by atoms with van der Waals surface area (Å²) in [5, 5.41) is 8.00. The minimum Gasteiger partial charge on any atom is -0.487 e. The van der Waals surface area contributed by atoms with E-state index in [9.17, 15) is 0 Å². The van der Waals surface area contributed by atoms with E-state index in [4.69, 9.17) is 14.7 Å². The molecule has 1 aliphatic rings. The van der Waals surface area contributed by atoms with Gasteiger partial charge in [-0.2, -0.15) is 0 Å². The van der Waals surface area contributed by atoms with Crippen LogP contribution < -0.4 is 4.74 Å². The highest BCUT2D eigenvalue weighted by Crippen LogP contribution is 2.45. The average Bonchev–Trinajstić information content (AvgIpc) is 3.68. The summed E-state index contributed by atoms with van der Waals surface area (Å²) in [4.78, 5) is 10.2. The van der Waals surface area contributed by atoms with Crippen LogP contribution in [-0.2, 0) is 6.54 Å². The molecule has 1 aromatic heterocycles. The Balaban J connectivity index is 1.18. The highest BCUT2D eigenvalue weighted by molar-refractivity contribution is 7.26. The Morgan fingerprint density at radius 3 is 2.18 bits per heavy atom. The van der Waals surface area contributed by atoms with Gasteiger partial charge < -0.3 is 4.74 Å². The molecule has 0 radical (unpaired) electrons. The van der Waals surface area contributed by atoms with Gasteiger partial charge in [-0.1, -0.05) is 97.1 Å². The summed E-state index contributed by atoms with van der Waals surface area (Å²) in [7, 11) is 0. The molecule has 8 aromatic rings. The number of thiophene rings is 1. The van der Waals surface area contributed by atoms with Gasteiger partial charge in [0.05, 0.1) is 12.3 Å². The molecule has 0 aliphatic carbocycles. The van der Waals surface area contributed by atoms with E-state index >= 15 is 0 Å². The zero-order chi connectivity index (χ0) is 29.0. The predicted molar refractivity (Wildman–Crippen MR) is 186 cm³/mol. The van der Waals surface area contributed by atoms with Crippen molar-refractivity contribution < 1.29 is 4.74 Å². The Hall–Kier alpha value is -5.32. The Morgan fingerprint density at radius 2 is 1.34 bits per heavy atom. The smallest absolute Gasteiger partial charge is 0.155 e. The third kappa shape index (κ3) is 4.10. The summed E-state index contributed by atoms with van der Waals surface area (Å²) in [6.07, 6.45) is 0. The maximum absolute atomic E-state index is 5.94. The highest BCUT2D eigenvalue weighted by Gasteiger charge is 2.20. The summed E-state index contributed by atoms with van der Waals surface area (Å²) < 4.78 is 8.63. The van der Waals surface area contributed by atoms with Gasteiger partial charge in [0.25, 0.3) is 0 Å². The van der Waals surface area contributed by atoms with Crippen molar-refractivity contribution in [3.63, 3.8) is 0 Å². The van der Waals surface area contributed by atoms with Crippen LogP contribution in [0, 0.1) is 0 Å².